The molecule has 1 fully saturated rings. The van der Waals surface area contributed by atoms with Crippen LogP contribution in [0.4, 0.5) is 0 Å². The average molecular weight is 310 g/mol. The maximum Gasteiger partial charge on any atom is 0.308 e. The molecule has 2 rings (SSSR count). The number of rotatable bonds is 4. The molecule has 0 bridgehead atoms. The van der Waals surface area contributed by atoms with Crippen LogP contribution in [0.5, 0.6) is 0 Å². The monoisotopic (exact) mass is 309 g/mol. The van der Waals surface area contributed by atoms with Crippen molar-refractivity contribution >= 4 is 17.6 Å². The van der Waals surface area contributed by atoms with Gasteiger partial charge in [-0.25, -0.2) is 0 Å². The third kappa shape index (κ3) is 3.78. The van der Waals surface area contributed by atoms with E-state index >= 15 is 0 Å². The Morgan fingerprint density at radius 1 is 1.43 bits per heavy atom. The standard InChI is InChI=1S/C17H24ClNO2/c1-11-7-8-15(17(20)21)16(9-11)19(3)12(2)13-5-4-6-14(18)10-13/h4-6,10-12,15-16H,7-9H2,1-3H3,(H,20,21). The van der Waals surface area contributed by atoms with Crippen molar-refractivity contribution in [1.82, 2.24) is 4.90 Å². The molecule has 1 saturated carbocycles. The zero-order valence-corrected chi connectivity index (χ0v) is 13.7. The van der Waals surface area contributed by atoms with Gasteiger partial charge in [0.2, 0.25) is 0 Å². The predicted molar refractivity (Wildman–Crippen MR) is 85.6 cm³/mol. The van der Waals surface area contributed by atoms with E-state index in [1.54, 1.807) is 0 Å². The summed E-state index contributed by atoms with van der Waals surface area (Å²) in [6.07, 6.45) is 2.72. The molecule has 0 aliphatic heterocycles. The molecule has 0 amide bonds. The van der Waals surface area contributed by atoms with Crippen LogP contribution in [0.1, 0.15) is 44.7 Å². The second-order valence-electron chi connectivity index (χ2n) is 6.33. The fourth-order valence-electron chi connectivity index (χ4n) is 3.38. The van der Waals surface area contributed by atoms with E-state index in [0.29, 0.717) is 5.92 Å². The van der Waals surface area contributed by atoms with Crippen LogP contribution in [0.3, 0.4) is 0 Å². The summed E-state index contributed by atoms with van der Waals surface area (Å²) in [6, 6.07) is 8.06. The van der Waals surface area contributed by atoms with Crippen molar-refractivity contribution in [2.75, 3.05) is 7.05 Å². The van der Waals surface area contributed by atoms with Gasteiger partial charge in [-0.15, -0.1) is 0 Å². The molecule has 1 aromatic rings. The smallest absolute Gasteiger partial charge is 0.308 e. The molecule has 4 heteroatoms. The normalized spacial score (nSPS) is 27.6. The molecule has 0 aromatic heterocycles. The molecule has 0 spiro atoms. The number of carbonyl (C=O) groups is 1. The minimum Gasteiger partial charge on any atom is -0.481 e. The zero-order chi connectivity index (χ0) is 15.6. The molecule has 1 aliphatic rings. The van der Waals surface area contributed by atoms with Gasteiger partial charge in [-0.3, -0.25) is 9.69 Å². The lowest BCUT2D eigenvalue weighted by atomic mass is 9.78. The summed E-state index contributed by atoms with van der Waals surface area (Å²) in [7, 11) is 2.03. The first-order valence-corrected chi connectivity index (χ1v) is 7.98. The first kappa shape index (κ1) is 16.3. The number of nitrogens with zero attached hydrogens (tertiary/aromatic N) is 1. The first-order valence-electron chi connectivity index (χ1n) is 7.60. The number of aliphatic carboxylic acids is 1. The van der Waals surface area contributed by atoms with E-state index in [-0.39, 0.29) is 18.0 Å². The molecule has 21 heavy (non-hydrogen) atoms. The van der Waals surface area contributed by atoms with Gasteiger partial charge in [0.05, 0.1) is 5.92 Å². The van der Waals surface area contributed by atoms with E-state index in [2.05, 4.69) is 24.8 Å². The second-order valence-corrected chi connectivity index (χ2v) is 6.76. The lowest BCUT2D eigenvalue weighted by Gasteiger charge is -2.41. The van der Waals surface area contributed by atoms with Gasteiger partial charge < -0.3 is 5.11 Å². The van der Waals surface area contributed by atoms with Crippen LogP contribution in [0, 0.1) is 11.8 Å². The van der Waals surface area contributed by atoms with Crippen molar-refractivity contribution in [2.45, 2.75) is 45.2 Å². The Morgan fingerprint density at radius 3 is 2.76 bits per heavy atom. The van der Waals surface area contributed by atoms with Crippen LogP contribution >= 0.6 is 11.6 Å². The van der Waals surface area contributed by atoms with Crippen molar-refractivity contribution in [1.29, 1.82) is 0 Å². The Balaban J connectivity index is 2.19. The topological polar surface area (TPSA) is 40.5 Å². The van der Waals surface area contributed by atoms with E-state index < -0.39 is 5.97 Å². The lowest BCUT2D eigenvalue weighted by Crippen LogP contribution is -2.46. The summed E-state index contributed by atoms with van der Waals surface area (Å²) in [4.78, 5) is 13.7. The van der Waals surface area contributed by atoms with E-state index in [0.717, 1.165) is 29.8 Å². The Kier molecular flexibility index (Phi) is 5.28. The van der Waals surface area contributed by atoms with Crippen molar-refractivity contribution < 1.29 is 9.90 Å². The number of hydrogen-bond acceptors (Lipinski definition) is 2. The molecule has 0 saturated heterocycles. The number of benzene rings is 1. The highest BCUT2D eigenvalue weighted by atomic mass is 35.5. The third-order valence-electron chi connectivity index (χ3n) is 4.86. The van der Waals surface area contributed by atoms with Crippen LogP contribution in [0.15, 0.2) is 24.3 Å². The van der Waals surface area contributed by atoms with Gasteiger partial charge in [0.15, 0.2) is 0 Å². The van der Waals surface area contributed by atoms with Crippen molar-refractivity contribution in [3.8, 4) is 0 Å². The van der Waals surface area contributed by atoms with Crippen LogP contribution < -0.4 is 0 Å². The second kappa shape index (κ2) is 6.80. The molecule has 4 atom stereocenters. The maximum atomic E-state index is 11.5. The van der Waals surface area contributed by atoms with Gasteiger partial charge in [0.1, 0.15) is 0 Å². The summed E-state index contributed by atoms with van der Waals surface area (Å²) >= 11 is 6.07. The van der Waals surface area contributed by atoms with Gasteiger partial charge in [0.25, 0.3) is 0 Å². The molecule has 3 nitrogen and oxygen atoms in total. The number of carboxylic acids is 1. The SMILES string of the molecule is CC1CCC(C(=O)O)C(N(C)C(C)c2cccc(Cl)c2)C1. The van der Waals surface area contributed by atoms with Crippen molar-refractivity contribution in [2.24, 2.45) is 11.8 Å². The lowest BCUT2D eigenvalue weighted by molar-refractivity contribution is -0.146. The third-order valence-corrected chi connectivity index (χ3v) is 5.10. The first-order chi connectivity index (χ1) is 9.90. The van der Waals surface area contributed by atoms with Crippen LogP contribution in [-0.4, -0.2) is 29.1 Å². The fraction of sp³-hybridized carbons (Fsp3) is 0.588. The van der Waals surface area contributed by atoms with Crippen LogP contribution in [0.25, 0.3) is 0 Å². The molecular weight excluding hydrogens is 286 g/mol. The summed E-state index contributed by atoms with van der Waals surface area (Å²) in [5, 5.41) is 10.2. The Hall–Kier alpha value is -1.06. The largest absolute Gasteiger partial charge is 0.481 e. The Labute approximate surface area is 131 Å². The van der Waals surface area contributed by atoms with Gasteiger partial charge in [-0.1, -0.05) is 30.7 Å². The number of hydrogen-bond donors (Lipinski definition) is 1. The molecule has 1 aromatic carbocycles. The van der Waals surface area contributed by atoms with Gasteiger partial charge >= 0.3 is 5.97 Å². The van der Waals surface area contributed by atoms with Crippen LogP contribution in [-0.2, 0) is 4.79 Å². The highest BCUT2D eigenvalue weighted by Crippen LogP contribution is 2.35. The minimum absolute atomic E-state index is 0.0835. The molecule has 116 valence electrons. The Bertz CT molecular complexity index is 505. The number of carboxylic acid groups (broad SMARTS) is 1. The van der Waals surface area contributed by atoms with Crippen molar-refractivity contribution in [3.63, 3.8) is 0 Å². The minimum atomic E-state index is -0.669. The summed E-state index contributed by atoms with van der Waals surface area (Å²) < 4.78 is 0. The van der Waals surface area contributed by atoms with Gasteiger partial charge in [0, 0.05) is 17.1 Å². The summed E-state index contributed by atoms with van der Waals surface area (Å²) in [6.45, 7) is 4.33. The molecule has 4 unspecified atom stereocenters. The van der Waals surface area contributed by atoms with Crippen molar-refractivity contribution in [3.05, 3.63) is 34.9 Å². The molecule has 0 heterocycles. The van der Waals surface area contributed by atoms with Gasteiger partial charge in [-0.2, -0.15) is 0 Å². The zero-order valence-electron chi connectivity index (χ0n) is 12.9. The molecule has 1 N–H and O–H groups in total. The average Bonchev–Trinajstić information content (AvgIpc) is 2.45. The summed E-state index contributed by atoms with van der Waals surface area (Å²) in [5.41, 5.74) is 1.13. The maximum absolute atomic E-state index is 11.5. The quantitative estimate of drug-likeness (QED) is 0.905. The summed E-state index contributed by atoms with van der Waals surface area (Å²) in [5.74, 6) is -0.357. The van der Waals surface area contributed by atoms with E-state index in [1.165, 1.54) is 0 Å². The number of halogens is 1. The van der Waals surface area contributed by atoms with Crippen LogP contribution in [0.2, 0.25) is 5.02 Å². The molecule has 0 radical (unpaired) electrons. The predicted octanol–water partition coefficient (Wildman–Crippen LogP) is 4.22. The van der Waals surface area contributed by atoms with E-state index in [1.807, 2.05) is 25.2 Å². The highest BCUT2D eigenvalue weighted by molar-refractivity contribution is 6.30. The van der Waals surface area contributed by atoms with Gasteiger partial charge in [-0.05, 0) is 56.8 Å². The fourth-order valence-corrected chi connectivity index (χ4v) is 3.58. The molecular formula is C17H24ClNO2. The highest BCUT2D eigenvalue weighted by Gasteiger charge is 2.37. The van der Waals surface area contributed by atoms with E-state index in [4.69, 9.17) is 11.6 Å². The molecule has 1 aliphatic carbocycles. The Morgan fingerprint density at radius 2 is 2.14 bits per heavy atom. The van der Waals surface area contributed by atoms with E-state index in [9.17, 15) is 9.90 Å².